The van der Waals surface area contributed by atoms with E-state index in [2.05, 4.69) is 0 Å². The molecule has 1 heterocycles. The van der Waals surface area contributed by atoms with Crippen LogP contribution in [0.5, 0.6) is 0 Å². The number of carbonyl (C=O) groups is 1. The Balaban J connectivity index is 2.25. The van der Waals surface area contributed by atoms with E-state index in [9.17, 15) is 4.79 Å². The largest absolute Gasteiger partial charge is 0.481 e. The van der Waals surface area contributed by atoms with Gasteiger partial charge in [0.1, 0.15) is 0 Å². The molecule has 0 bridgehead atoms. The standard InChI is InChI=1S/C4H8N2O2/c5-6-1-3(2-6)4(7)8/h3H,1-2,5H2,(H,7,8). The van der Waals surface area contributed by atoms with Crippen LogP contribution in [0.1, 0.15) is 0 Å². The number of carboxylic acids is 1. The molecule has 46 valence electrons. The molecule has 0 unspecified atom stereocenters. The second-order valence-corrected chi connectivity index (χ2v) is 1.99. The van der Waals surface area contributed by atoms with Gasteiger partial charge in [-0.05, 0) is 0 Å². The summed E-state index contributed by atoms with van der Waals surface area (Å²) in [6.45, 7) is 0.991. The van der Waals surface area contributed by atoms with Crippen molar-refractivity contribution in [2.75, 3.05) is 13.1 Å². The summed E-state index contributed by atoms with van der Waals surface area (Å²) in [6, 6.07) is 0. The van der Waals surface area contributed by atoms with E-state index in [1.807, 2.05) is 0 Å². The lowest BCUT2D eigenvalue weighted by Crippen LogP contribution is -2.53. The minimum atomic E-state index is -0.744. The summed E-state index contributed by atoms with van der Waals surface area (Å²) in [5.74, 6) is 4.21. The van der Waals surface area contributed by atoms with Crippen molar-refractivity contribution in [2.45, 2.75) is 0 Å². The first-order valence-electron chi connectivity index (χ1n) is 2.42. The van der Waals surface area contributed by atoms with E-state index in [0.29, 0.717) is 13.1 Å². The van der Waals surface area contributed by atoms with Crippen LogP contribution in [0.25, 0.3) is 0 Å². The highest BCUT2D eigenvalue weighted by Crippen LogP contribution is 2.09. The summed E-state index contributed by atoms with van der Waals surface area (Å²) in [5, 5.41) is 9.75. The van der Waals surface area contributed by atoms with Crippen molar-refractivity contribution in [3.8, 4) is 0 Å². The number of carboxylic acid groups (broad SMARTS) is 1. The van der Waals surface area contributed by atoms with Crippen LogP contribution in [0.2, 0.25) is 0 Å². The summed E-state index contributed by atoms with van der Waals surface area (Å²) in [4.78, 5) is 10.0. The molecule has 4 nitrogen and oxygen atoms in total. The molecule has 1 fully saturated rings. The van der Waals surface area contributed by atoms with Crippen LogP contribution in [-0.4, -0.2) is 29.2 Å². The minimum absolute atomic E-state index is 0.222. The molecule has 1 saturated heterocycles. The fraction of sp³-hybridized carbons (Fsp3) is 0.750. The number of rotatable bonds is 1. The molecule has 8 heavy (non-hydrogen) atoms. The van der Waals surface area contributed by atoms with Crippen molar-refractivity contribution in [1.29, 1.82) is 0 Å². The van der Waals surface area contributed by atoms with Crippen LogP contribution in [0.3, 0.4) is 0 Å². The van der Waals surface area contributed by atoms with Crippen LogP contribution in [0.4, 0.5) is 0 Å². The lowest BCUT2D eigenvalue weighted by molar-refractivity contribution is -0.147. The second kappa shape index (κ2) is 1.72. The van der Waals surface area contributed by atoms with Gasteiger partial charge >= 0.3 is 5.97 Å². The van der Waals surface area contributed by atoms with E-state index < -0.39 is 5.97 Å². The predicted molar refractivity (Wildman–Crippen MR) is 26.9 cm³/mol. The lowest BCUT2D eigenvalue weighted by Gasteiger charge is -2.31. The van der Waals surface area contributed by atoms with Crippen LogP contribution in [0, 0.1) is 5.92 Å². The Morgan fingerprint density at radius 1 is 1.75 bits per heavy atom. The monoisotopic (exact) mass is 116 g/mol. The first-order chi connectivity index (χ1) is 3.70. The summed E-state index contributed by atoms with van der Waals surface area (Å²) in [5.41, 5.74) is 0. The molecule has 0 saturated carbocycles. The maximum absolute atomic E-state index is 10.0. The van der Waals surface area contributed by atoms with Gasteiger partial charge in [-0.2, -0.15) is 0 Å². The molecule has 1 rings (SSSR count). The third-order valence-electron chi connectivity index (χ3n) is 1.26. The molecule has 1 aliphatic heterocycles. The van der Waals surface area contributed by atoms with E-state index in [0.717, 1.165) is 0 Å². The van der Waals surface area contributed by atoms with Crippen LogP contribution in [0.15, 0.2) is 0 Å². The molecule has 4 heteroatoms. The first kappa shape index (κ1) is 5.53. The van der Waals surface area contributed by atoms with Crippen molar-refractivity contribution in [2.24, 2.45) is 11.8 Å². The Bertz CT molecular complexity index is 109. The Morgan fingerprint density at radius 2 is 2.25 bits per heavy atom. The molecular formula is C4H8N2O2. The Morgan fingerprint density at radius 3 is 2.38 bits per heavy atom. The fourth-order valence-electron chi connectivity index (χ4n) is 0.669. The molecule has 0 aromatic rings. The molecule has 0 aliphatic carbocycles. The number of aliphatic carboxylic acids is 1. The molecule has 0 amide bonds. The van der Waals surface area contributed by atoms with Gasteiger partial charge in [-0.15, -0.1) is 0 Å². The van der Waals surface area contributed by atoms with Crippen LogP contribution >= 0.6 is 0 Å². The van der Waals surface area contributed by atoms with E-state index in [1.165, 1.54) is 5.01 Å². The highest BCUT2D eigenvalue weighted by Gasteiger charge is 2.29. The van der Waals surface area contributed by atoms with Gasteiger partial charge in [-0.25, -0.2) is 5.01 Å². The Hall–Kier alpha value is -0.610. The zero-order chi connectivity index (χ0) is 6.15. The Labute approximate surface area is 46.9 Å². The quantitative estimate of drug-likeness (QED) is 0.426. The normalized spacial score (nSPS) is 22.6. The summed E-state index contributed by atoms with van der Waals surface area (Å²) < 4.78 is 0. The van der Waals surface area contributed by atoms with E-state index >= 15 is 0 Å². The number of nitrogens with two attached hydrogens (primary N) is 1. The fourth-order valence-corrected chi connectivity index (χ4v) is 0.669. The van der Waals surface area contributed by atoms with Crippen molar-refractivity contribution in [3.63, 3.8) is 0 Å². The SMILES string of the molecule is NN1CC(C(=O)O)C1. The number of hydrogen-bond donors (Lipinski definition) is 2. The highest BCUT2D eigenvalue weighted by molar-refractivity contribution is 5.71. The summed E-state index contributed by atoms with van der Waals surface area (Å²) >= 11 is 0. The van der Waals surface area contributed by atoms with Gasteiger partial charge in [0.15, 0.2) is 0 Å². The summed E-state index contributed by atoms with van der Waals surface area (Å²) in [7, 11) is 0. The zero-order valence-corrected chi connectivity index (χ0v) is 4.37. The molecule has 0 radical (unpaired) electrons. The van der Waals surface area contributed by atoms with Gasteiger partial charge in [0.25, 0.3) is 0 Å². The van der Waals surface area contributed by atoms with Gasteiger partial charge in [0.05, 0.1) is 5.92 Å². The zero-order valence-electron chi connectivity index (χ0n) is 4.37. The van der Waals surface area contributed by atoms with Gasteiger partial charge in [0, 0.05) is 13.1 Å². The molecular weight excluding hydrogens is 108 g/mol. The van der Waals surface area contributed by atoms with Crippen LogP contribution < -0.4 is 5.84 Å². The molecule has 3 N–H and O–H groups in total. The average Bonchev–Trinajstić information content (AvgIpc) is 1.57. The third kappa shape index (κ3) is 0.801. The van der Waals surface area contributed by atoms with Gasteiger partial charge in [-0.3, -0.25) is 10.6 Å². The number of hydrazine groups is 1. The van der Waals surface area contributed by atoms with Crippen molar-refractivity contribution >= 4 is 5.97 Å². The molecule has 0 atom stereocenters. The topological polar surface area (TPSA) is 66.6 Å². The molecule has 0 aromatic heterocycles. The van der Waals surface area contributed by atoms with Gasteiger partial charge < -0.3 is 5.11 Å². The molecule has 0 aromatic carbocycles. The lowest BCUT2D eigenvalue weighted by atomic mass is 10.0. The molecule has 1 aliphatic rings. The van der Waals surface area contributed by atoms with E-state index in [-0.39, 0.29) is 5.92 Å². The van der Waals surface area contributed by atoms with E-state index in [1.54, 1.807) is 0 Å². The van der Waals surface area contributed by atoms with Gasteiger partial charge in [0.2, 0.25) is 0 Å². The van der Waals surface area contributed by atoms with Crippen molar-refractivity contribution < 1.29 is 9.90 Å². The third-order valence-corrected chi connectivity index (χ3v) is 1.26. The van der Waals surface area contributed by atoms with Crippen LogP contribution in [-0.2, 0) is 4.79 Å². The first-order valence-corrected chi connectivity index (χ1v) is 2.42. The maximum Gasteiger partial charge on any atom is 0.309 e. The van der Waals surface area contributed by atoms with Crippen molar-refractivity contribution in [3.05, 3.63) is 0 Å². The number of hydrogen-bond acceptors (Lipinski definition) is 3. The average molecular weight is 116 g/mol. The minimum Gasteiger partial charge on any atom is -0.481 e. The maximum atomic E-state index is 10.0. The summed E-state index contributed by atoms with van der Waals surface area (Å²) in [6.07, 6.45) is 0. The number of nitrogens with zero attached hydrogens (tertiary/aromatic N) is 1. The van der Waals surface area contributed by atoms with E-state index in [4.69, 9.17) is 10.9 Å². The Kier molecular flexibility index (Phi) is 1.19. The predicted octanol–water partition coefficient (Wildman–Crippen LogP) is -1.12. The second-order valence-electron chi connectivity index (χ2n) is 1.99. The highest BCUT2D eigenvalue weighted by atomic mass is 16.4. The van der Waals surface area contributed by atoms with Crippen molar-refractivity contribution in [1.82, 2.24) is 5.01 Å². The molecule has 0 spiro atoms. The van der Waals surface area contributed by atoms with Gasteiger partial charge in [-0.1, -0.05) is 0 Å². The smallest absolute Gasteiger partial charge is 0.309 e.